The zero-order valence-corrected chi connectivity index (χ0v) is 21.1. The molecule has 0 unspecified atom stereocenters. The van der Waals surface area contributed by atoms with Crippen molar-refractivity contribution in [1.29, 1.82) is 0 Å². The first-order valence-corrected chi connectivity index (χ1v) is 19.2. The van der Waals surface area contributed by atoms with Gasteiger partial charge in [-0.25, -0.2) is 0 Å². The Bertz CT molecular complexity index is 1200. The minimum absolute atomic E-state index is 0.188. The van der Waals surface area contributed by atoms with E-state index >= 15 is 0 Å². The van der Waals surface area contributed by atoms with Crippen LogP contribution < -0.4 is 9.37 Å². The molecule has 0 amide bonds. The Hall–Kier alpha value is -2.79. The molecule has 5 aromatic carbocycles. The molecule has 0 radical (unpaired) electrons. The topological polar surface area (TPSA) is 0 Å². The van der Waals surface area contributed by atoms with Crippen molar-refractivity contribution in [3.8, 4) is 0 Å². The van der Waals surface area contributed by atoms with Crippen LogP contribution in [0.15, 0.2) is 127 Å². The summed E-state index contributed by atoms with van der Waals surface area (Å²) in [6.45, 7) is 0. The Kier molecular flexibility index (Phi) is 5.69. The van der Waals surface area contributed by atoms with Crippen molar-refractivity contribution in [2.24, 2.45) is 0 Å². The van der Waals surface area contributed by atoms with Crippen molar-refractivity contribution in [3.63, 3.8) is 0 Å². The number of benzene rings is 5. The second-order valence-corrected chi connectivity index (χ2v) is 23.2. The third-order valence-corrected chi connectivity index (χ3v) is 25.2. The summed E-state index contributed by atoms with van der Waals surface area (Å²) < 4.78 is 19.1. The van der Waals surface area contributed by atoms with E-state index in [2.05, 4.69) is 109 Å². The van der Waals surface area contributed by atoms with Crippen molar-refractivity contribution in [3.05, 3.63) is 139 Å². The van der Waals surface area contributed by atoms with Crippen LogP contribution >= 0.6 is 0 Å². The van der Waals surface area contributed by atoms with E-state index in [9.17, 15) is 4.39 Å². The second kappa shape index (κ2) is 8.75. The molecule has 150 valence electrons. The standard InChI is InChI=1S/C11H8F.3C6H5.Pb/c1-8-2-3-10-7-11(12)5-4-9(10)6-8;3*1-2-4-6-5-3-1;/h2-7H,1H2;3*1-5H;. The summed E-state index contributed by atoms with van der Waals surface area (Å²) in [6.07, 6.45) is 0. The summed E-state index contributed by atoms with van der Waals surface area (Å²) >= 11 is -3.54. The summed E-state index contributed by atoms with van der Waals surface area (Å²) in [5, 5.41) is 2.04. The summed E-state index contributed by atoms with van der Waals surface area (Å²) in [4.78, 5) is 0. The molecule has 5 aromatic rings. The van der Waals surface area contributed by atoms with Gasteiger partial charge in [0.15, 0.2) is 0 Å². The fourth-order valence-corrected chi connectivity index (χ4v) is 23.0. The van der Waals surface area contributed by atoms with Crippen LogP contribution in [0.25, 0.3) is 10.8 Å². The van der Waals surface area contributed by atoms with Crippen molar-refractivity contribution in [1.82, 2.24) is 0 Å². The average Bonchev–Trinajstić information content (AvgIpc) is 2.84. The number of hydrogen-bond donors (Lipinski definition) is 0. The van der Waals surface area contributed by atoms with Crippen molar-refractivity contribution >= 4 is 41.3 Å². The van der Waals surface area contributed by atoms with Crippen LogP contribution in [-0.2, 0) is 3.98 Å². The van der Waals surface area contributed by atoms with Gasteiger partial charge in [0, 0.05) is 0 Å². The molecule has 0 saturated carbocycles. The van der Waals surface area contributed by atoms with Crippen LogP contribution in [0, 0.1) is 5.82 Å². The SMILES string of the molecule is Fc1ccc2cc([CH2][Pb]([c]3ccccc3)([c]3ccccc3)[c]3ccccc3)ccc2c1. The first kappa shape index (κ1) is 20.1. The van der Waals surface area contributed by atoms with E-state index in [0.29, 0.717) is 0 Å². The Morgan fingerprint density at radius 1 is 0.484 bits per heavy atom. The van der Waals surface area contributed by atoms with E-state index in [1.54, 1.807) is 12.1 Å². The van der Waals surface area contributed by atoms with E-state index in [1.807, 2.05) is 6.07 Å². The first-order chi connectivity index (χ1) is 15.3. The zero-order valence-electron chi connectivity index (χ0n) is 17.2. The Morgan fingerprint density at radius 3 is 1.45 bits per heavy atom. The second-order valence-electron chi connectivity index (χ2n) is 8.01. The molecule has 0 aliphatic carbocycles. The Labute approximate surface area is 187 Å². The molecule has 0 aliphatic rings. The van der Waals surface area contributed by atoms with Gasteiger partial charge in [0.2, 0.25) is 0 Å². The summed E-state index contributed by atoms with van der Waals surface area (Å²) in [5.74, 6) is -0.188. The van der Waals surface area contributed by atoms with Gasteiger partial charge in [0.25, 0.3) is 0 Å². The molecule has 0 N–H and O–H groups in total. The molecule has 5 rings (SSSR count). The van der Waals surface area contributed by atoms with E-state index < -0.39 is 21.2 Å². The van der Waals surface area contributed by atoms with Gasteiger partial charge in [-0.15, -0.1) is 0 Å². The minimum atomic E-state index is -3.54. The fraction of sp³-hybridized carbons (Fsp3) is 0.0345. The zero-order chi connectivity index (χ0) is 21.1. The molecule has 0 aromatic heterocycles. The average molecular weight is 598 g/mol. The van der Waals surface area contributed by atoms with Gasteiger partial charge < -0.3 is 0 Å². The van der Waals surface area contributed by atoms with Crippen LogP contribution in [0.1, 0.15) is 5.56 Å². The first-order valence-electron chi connectivity index (χ1n) is 10.6. The molecule has 0 spiro atoms. The van der Waals surface area contributed by atoms with Crippen LogP contribution in [0.5, 0.6) is 0 Å². The van der Waals surface area contributed by atoms with E-state index in [-0.39, 0.29) is 5.82 Å². The summed E-state index contributed by atoms with van der Waals surface area (Å²) in [5.41, 5.74) is 1.32. The fourth-order valence-electron chi connectivity index (χ4n) is 4.66. The Balaban J connectivity index is 1.75. The molecule has 0 fully saturated rings. The van der Waals surface area contributed by atoms with Crippen molar-refractivity contribution < 1.29 is 4.39 Å². The normalized spacial score (nSPS) is 11.5. The van der Waals surface area contributed by atoms with Crippen LogP contribution in [0.2, 0.25) is 0 Å². The molecule has 0 aliphatic heterocycles. The van der Waals surface area contributed by atoms with E-state index in [0.717, 1.165) is 14.8 Å². The van der Waals surface area contributed by atoms with Crippen LogP contribution in [0.4, 0.5) is 4.39 Å². The predicted octanol–water partition coefficient (Wildman–Crippen LogP) is 5.23. The molecule has 0 heterocycles. The quantitative estimate of drug-likeness (QED) is 0.244. The number of hydrogen-bond acceptors (Lipinski definition) is 0. The maximum atomic E-state index is 13.7. The molecular weight excluding hydrogens is 575 g/mol. The third-order valence-electron chi connectivity index (χ3n) is 6.14. The van der Waals surface area contributed by atoms with Gasteiger partial charge in [-0.1, -0.05) is 0 Å². The molecule has 0 atom stereocenters. The molecule has 31 heavy (non-hydrogen) atoms. The van der Waals surface area contributed by atoms with Crippen molar-refractivity contribution in [2.75, 3.05) is 0 Å². The monoisotopic (exact) mass is 598 g/mol. The van der Waals surface area contributed by atoms with Crippen LogP contribution in [0.3, 0.4) is 0 Å². The maximum absolute atomic E-state index is 13.7. The molecule has 0 nitrogen and oxygen atoms in total. The summed E-state index contributed by atoms with van der Waals surface area (Å²) in [6, 6.07) is 44.7. The molecular formula is C29H23FPb. The van der Waals surface area contributed by atoms with Gasteiger partial charge in [0.1, 0.15) is 0 Å². The van der Waals surface area contributed by atoms with E-state index in [1.165, 1.54) is 14.9 Å². The third kappa shape index (κ3) is 3.95. The molecule has 0 bridgehead atoms. The van der Waals surface area contributed by atoms with Gasteiger partial charge in [0.05, 0.1) is 0 Å². The molecule has 0 saturated heterocycles. The number of rotatable bonds is 5. The van der Waals surface area contributed by atoms with Gasteiger partial charge >= 0.3 is 188 Å². The van der Waals surface area contributed by atoms with Crippen molar-refractivity contribution in [2.45, 2.75) is 3.98 Å². The number of halogens is 1. The summed E-state index contributed by atoms with van der Waals surface area (Å²) in [7, 11) is 0. The van der Waals surface area contributed by atoms with Gasteiger partial charge in [-0.05, 0) is 0 Å². The predicted molar refractivity (Wildman–Crippen MR) is 132 cm³/mol. The van der Waals surface area contributed by atoms with Crippen LogP contribution in [-0.4, -0.2) is 21.2 Å². The van der Waals surface area contributed by atoms with Gasteiger partial charge in [-0.3, -0.25) is 0 Å². The number of fused-ring (bicyclic) bond motifs is 1. The Morgan fingerprint density at radius 2 is 0.935 bits per heavy atom. The van der Waals surface area contributed by atoms with E-state index in [4.69, 9.17) is 0 Å². The molecule has 2 heteroatoms. The van der Waals surface area contributed by atoms with Gasteiger partial charge in [-0.2, -0.15) is 0 Å².